The largest absolute Gasteiger partial charge is 0.462 e. The van der Waals surface area contributed by atoms with Crippen molar-refractivity contribution < 1.29 is 14.0 Å². The topological polar surface area (TPSA) is 26.3 Å². The molecule has 0 aromatic rings. The Labute approximate surface area is 118 Å². The Morgan fingerprint density at radius 1 is 1.11 bits per heavy atom. The molecular weight excluding hydrogens is 238 g/mol. The van der Waals surface area contributed by atoms with Crippen LogP contribution in [0, 0.1) is 0 Å². The summed E-state index contributed by atoms with van der Waals surface area (Å²) in [5, 5.41) is 0. The number of hydrogen-bond acceptors (Lipinski definition) is 2. The van der Waals surface area contributed by atoms with E-state index in [0.29, 0.717) is 0 Å². The van der Waals surface area contributed by atoms with Gasteiger partial charge in [-0.05, 0) is 12.8 Å². The molecule has 19 heavy (non-hydrogen) atoms. The third-order valence-electron chi connectivity index (χ3n) is 4.37. The summed E-state index contributed by atoms with van der Waals surface area (Å²) < 4.78 is 6.48. The number of hydrogen-bond donors (Lipinski definition) is 0. The summed E-state index contributed by atoms with van der Waals surface area (Å²) in [5.41, 5.74) is 0. The van der Waals surface area contributed by atoms with Crippen molar-refractivity contribution in [1.82, 2.24) is 0 Å². The number of rotatable bonds is 8. The van der Waals surface area contributed by atoms with Crippen LogP contribution in [0.1, 0.15) is 65.2 Å². The molecule has 0 aliphatic carbocycles. The van der Waals surface area contributed by atoms with Crippen molar-refractivity contribution in [2.24, 2.45) is 0 Å². The van der Waals surface area contributed by atoms with Gasteiger partial charge in [0.2, 0.25) is 0 Å². The van der Waals surface area contributed by atoms with Crippen LogP contribution in [0.2, 0.25) is 0 Å². The summed E-state index contributed by atoms with van der Waals surface area (Å²) in [4.78, 5) is 10.9. The van der Waals surface area contributed by atoms with Gasteiger partial charge in [-0.15, -0.1) is 0 Å². The third-order valence-corrected chi connectivity index (χ3v) is 4.37. The maximum Gasteiger partial charge on any atom is 0.302 e. The quantitative estimate of drug-likeness (QED) is 0.383. The number of likely N-dealkylation sites (tertiary alicyclic amines) is 1. The van der Waals surface area contributed by atoms with E-state index in [1.807, 2.05) is 0 Å². The molecule has 0 N–H and O–H groups in total. The van der Waals surface area contributed by atoms with Crippen molar-refractivity contribution in [3.63, 3.8) is 0 Å². The second-order valence-electron chi connectivity index (χ2n) is 6.37. The zero-order valence-corrected chi connectivity index (χ0v) is 13.1. The van der Waals surface area contributed by atoms with Crippen LogP contribution in [0.5, 0.6) is 0 Å². The molecule has 0 aromatic carbocycles. The van der Waals surface area contributed by atoms with Crippen molar-refractivity contribution in [2.75, 3.05) is 26.7 Å². The predicted molar refractivity (Wildman–Crippen MR) is 78.9 cm³/mol. The zero-order valence-electron chi connectivity index (χ0n) is 13.1. The SMILES string of the molecule is CCCCCCCC[N+]1(C)CCC(OC(C)=O)CC1. The maximum absolute atomic E-state index is 10.9. The van der Waals surface area contributed by atoms with Gasteiger partial charge in [0, 0.05) is 19.8 Å². The highest BCUT2D eigenvalue weighted by Gasteiger charge is 2.30. The van der Waals surface area contributed by atoms with E-state index in [0.717, 1.165) is 25.9 Å². The van der Waals surface area contributed by atoms with Crippen LogP contribution in [-0.2, 0) is 9.53 Å². The fourth-order valence-electron chi connectivity index (χ4n) is 3.02. The molecule has 1 fully saturated rings. The summed E-state index contributed by atoms with van der Waals surface area (Å²) in [6.07, 6.45) is 10.5. The molecule has 1 aliphatic heterocycles. The number of ether oxygens (including phenoxy) is 1. The Morgan fingerprint density at radius 3 is 2.26 bits per heavy atom. The Morgan fingerprint density at radius 2 is 1.68 bits per heavy atom. The average molecular weight is 270 g/mol. The van der Waals surface area contributed by atoms with Crippen molar-refractivity contribution in [3.8, 4) is 0 Å². The Balaban J connectivity index is 2.11. The van der Waals surface area contributed by atoms with E-state index in [2.05, 4.69) is 14.0 Å². The zero-order chi connectivity index (χ0) is 14.1. The van der Waals surface area contributed by atoms with E-state index in [4.69, 9.17) is 4.74 Å². The van der Waals surface area contributed by atoms with Gasteiger partial charge in [0.15, 0.2) is 0 Å². The van der Waals surface area contributed by atoms with Crippen LogP contribution in [0.4, 0.5) is 0 Å². The van der Waals surface area contributed by atoms with E-state index < -0.39 is 0 Å². The standard InChI is InChI=1S/C16H32NO2/c1-4-5-6-7-8-9-12-17(3)13-10-16(11-14-17)19-15(2)18/h16H,4-14H2,1-3H3/q+1. The van der Waals surface area contributed by atoms with Crippen LogP contribution in [0.15, 0.2) is 0 Å². The highest BCUT2D eigenvalue weighted by molar-refractivity contribution is 5.66. The molecule has 0 radical (unpaired) electrons. The van der Waals surface area contributed by atoms with Gasteiger partial charge in [-0.1, -0.05) is 32.6 Å². The molecule has 0 bridgehead atoms. The predicted octanol–water partition coefficient (Wildman–Crippen LogP) is 3.52. The van der Waals surface area contributed by atoms with Gasteiger partial charge in [-0.25, -0.2) is 0 Å². The van der Waals surface area contributed by atoms with Gasteiger partial charge in [0.05, 0.1) is 26.7 Å². The third kappa shape index (κ3) is 6.95. The lowest BCUT2D eigenvalue weighted by molar-refractivity contribution is -0.915. The van der Waals surface area contributed by atoms with Crippen LogP contribution in [0.25, 0.3) is 0 Å². The second kappa shape index (κ2) is 8.57. The number of esters is 1. The molecule has 0 saturated carbocycles. The minimum Gasteiger partial charge on any atom is -0.462 e. The molecule has 112 valence electrons. The maximum atomic E-state index is 10.9. The lowest BCUT2D eigenvalue weighted by Crippen LogP contribution is -2.51. The molecule has 0 unspecified atom stereocenters. The summed E-state index contributed by atoms with van der Waals surface area (Å²) in [6, 6.07) is 0. The molecule has 0 amide bonds. The van der Waals surface area contributed by atoms with Crippen molar-refractivity contribution in [1.29, 1.82) is 0 Å². The van der Waals surface area contributed by atoms with Crippen LogP contribution < -0.4 is 0 Å². The lowest BCUT2D eigenvalue weighted by Gasteiger charge is -2.40. The minimum atomic E-state index is -0.128. The highest BCUT2D eigenvalue weighted by Crippen LogP contribution is 2.20. The van der Waals surface area contributed by atoms with E-state index in [-0.39, 0.29) is 12.1 Å². The molecule has 3 heteroatoms. The first kappa shape index (κ1) is 16.5. The molecule has 0 spiro atoms. The van der Waals surface area contributed by atoms with Crippen LogP contribution >= 0.6 is 0 Å². The number of carbonyl (C=O) groups is 1. The molecule has 1 heterocycles. The van der Waals surface area contributed by atoms with Gasteiger partial charge in [0.1, 0.15) is 6.10 Å². The summed E-state index contributed by atoms with van der Waals surface area (Å²) in [5.74, 6) is -0.128. The molecule has 3 nitrogen and oxygen atoms in total. The number of quaternary nitrogens is 1. The van der Waals surface area contributed by atoms with E-state index in [1.54, 1.807) is 0 Å². The fourth-order valence-corrected chi connectivity index (χ4v) is 3.02. The number of unbranched alkanes of at least 4 members (excludes halogenated alkanes) is 5. The average Bonchev–Trinajstić information content (AvgIpc) is 2.36. The van der Waals surface area contributed by atoms with Gasteiger partial charge < -0.3 is 9.22 Å². The first-order valence-corrected chi connectivity index (χ1v) is 8.06. The number of carbonyl (C=O) groups excluding carboxylic acids is 1. The number of nitrogens with zero attached hydrogens (tertiary/aromatic N) is 1. The second-order valence-corrected chi connectivity index (χ2v) is 6.37. The molecule has 1 rings (SSSR count). The Hall–Kier alpha value is -0.570. The normalized spacial score (nSPS) is 27.2. The van der Waals surface area contributed by atoms with Gasteiger partial charge in [0.25, 0.3) is 0 Å². The highest BCUT2D eigenvalue weighted by atomic mass is 16.5. The lowest BCUT2D eigenvalue weighted by atomic mass is 10.0. The van der Waals surface area contributed by atoms with Crippen LogP contribution in [0.3, 0.4) is 0 Å². The summed E-state index contributed by atoms with van der Waals surface area (Å²) >= 11 is 0. The molecular formula is C16H32NO2+. The first-order valence-electron chi connectivity index (χ1n) is 8.06. The molecule has 0 aromatic heterocycles. The molecule has 1 saturated heterocycles. The van der Waals surface area contributed by atoms with Gasteiger partial charge in [-0.2, -0.15) is 0 Å². The smallest absolute Gasteiger partial charge is 0.302 e. The monoisotopic (exact) mass is 270 g/mol. The Bertz CT molecular complexity index is 257. The minimum absolute atomic E-state index is 0.128. The van der Waals surface area contributed by atoms with E-state index >= 15 is 0 Å². The van der Waals surface area contributed by atoms with Crippen molar-refractivity contribution in [3.05, 3.63) is 0 Å². The van der Waals surface area contributed by atoms with Gasteiger partial charge >= 0.3 is 5.97 Å². The molecule has 0 atom stereocenters. The summed E-state index contributed by atoms with van der Waals surface area (Å²) in [7, 11) is 2.36. The summed E-state index contributed by atoms with van der Waals surface area (Å²) in [6.45, 7) is 7.39. The Kier molecular flexibility index (Phi) is 7.44. The number of piperidine rings is 1. The van der Waals surface area contributed by atoms with Crippen molar-refractivity contribution in [2.45, 2.75) is 71.3 Å². The van der Waals surface area contributed by atoms with Crippen molar-refractivity contribution >= 4 is 5.97 Å². The first-order chi connectivity index (χ1) is 9.06. The van der Waals surface area contributed by atoms with Crippen LogP contribution in [-0.4, -0.2) is 43.2 Å². The fraction of sp³-hybridized carbons (Fsp3) is 0.938. The van der Waals surface area contributed by atoms with Gasteiger partial charge in [-0.3, -0.25) is 4.79 Å². The van der Waals surface area contributed by atoms with E-state index in [9.17, 15) is 4.79 Å². The van der Waals surface area contributed by atoms with E-state index in [1.165, 1.54) is 56.5 Å². The molecule has 1 aliphatic rings.